The van der Waals surface area contributed by atoms with Crippen molar-refractivity contribution in [3.05, 3.63) is 65.5 Å². The number of hydrazone groups is 1. The van der Waals surface area contributed by atoms with Crippen LogP contribution in [0.1, 0.15) is 11.1 Å². The van der Waals surface area contributed by atoms with E-state index in [4.69, 9.17) is 0 Å². The number of likely N-dealkylation sites (N-methyl/N-ethyl adjacent to an activating group) is 1. The molecule has 0 amide bonds. The van der Waals surface area contributed by atoms with Crippen LogP contribution in [-0.4, -0.2) is 48.9 Å². The van der Waals surface area contributed by atoms with Gasteiger partial charge in [0.2, 0.25) is 0 Å². The lowest BCUT2D eigenvalue weighted by Gasteiger charge is -2.34. The third-order valence-electron chi connectivity index (χ3n) is 4.26. The van der Waals surface area contributed by atoms with Crippen LogP contribution in [-0.2, 0) is 0 Å². The maximum atomic E-state index is 14.3. The molecule has 126 valence electrons. The minimum absolute atomic E-state index is 0.249. The zero-order valence-electron chi connectivity index (χ0n) is 14.2. The van der Waals surface area contributed by atoms with Crippen molar-refractivity contribution in [1.82, 2.24) is 9.80 Å². The van der Waals surface area contributed by atoms with Crippen LogP contribution in [0.5, 0.6) is 0 Å². The number of anilines is 1. The lowest BCUT2D eigenvalue weighted by Crippen LogP contribution is -2.47. The minimum Gasteiger partial charge on any atom is -0.352 e. The molecule has 0 spiro atoms. The highest BCUT2D eigenvalue weighted by Gasteiger charge is 2.21. The first-order chi connectivity index (χ1) is 11.6. The predicted molar refractivity (Wildman–Crippen MR) is 96.8 cm³/mol. The van der Waals surface area contributed by atoms with Crippen molar-refractivity contribution >= 4 is 11.5 Å². The number of hydrogen-bond donors (Lipinski definition) is 1. The molecule has 3 rings (SSSR count). The van der Waals surface area contributed by atoms with Crippen LogP contribution in [0.25, 0.3) is 0 Å². The second kappa shape index (κ2) is 7.45. The molecular weight excluding hydrogens is 303 g/mol. The maximum absolute atomic E-state index is 14.3. The van der Waals surface area contributed by atoms with Crippen molar-refractivity contribution in [2.45, 2.75) is 6.92 Å². The van der Waals surface area contributed by atoms with Gasteiger partial charge in [0.1, 0.15) is 5.82 Å². The molecule has 1 saturated heterocycles. The molecule has 1 aliphatic heterocycles. The van der Waals surface area contributed by atoms with Gasteiger partial charge in [-0.15, -0.1) is 0 Å². The molecule has 2 aromatic carbocycles. The lowest BCUT2D eigenvalue weighted by molar-refractivity contribution is 0.215. The molecule has 0 aliphatic carbocycles. The fourth-order valence-electron chi connectivity index (χ4n) is 2.71. The number of halogens is 1. The Balaban J connectivity index is 1.88. The number of hydrogen-bond acceptors (Lipinski definition) is 3. The third-order valence-corrected chi connectivity index (χ3v) is 4.26. The first-order valence-corrected chi connectivity index (χ1v) is 8.22. The summed E-state index contributed by atoms with van der Waals surface area (Å²) in [6, 6.07) is 14.8. The fraction of sp³-hybridized carbons (Fsp3) is 0.316. The summed E-state index contributed by atoms with van der Waals surface area (Å²) in [4.78, 5) is 4.41. The molecule has 1 N–H and O–H groups in total. The molecule has 2 aromatic rings. The molecule has 0 atom stereocenters. The molecular formula is C19H23FN4. The third kappa shape index (κ3) is 3.92. The molecule has 0 radical (unpaired) electrons. The van der Waals surface area contributed by atoms with E-state index in [1.165, 1.54) is 11.6 Å². The summed E-state index contributed by atoms with van der Waals surface area (Å²) in [5.74, 6) is 0.405. The van der Waals surface area contributed by atoms with E-state index < -0.39 is 0 Å². The van der Waals surface area contributed by atoms with Gasteiger partial charge in [-0.25, -0.2) is 4.39 Å². The van der Waals surface area contributed by atoms with Crippen molar-refractivity contribution in [3.8, 4) is 0 Å². The van der Waals surface area contributed by atoms with Crippen LogP contribution in [0.4, 0.5) is 10.1 Å². The number of aryl methyl sites for hydroxylation is 1. The predicted octanol–water partition coefficient (Wildman–Crippen LogP) is 3.16. The van der Waals surface area contributed by atoms with E-state index in [2.05, 4.69) is 27.4 Å². The molecule has 0 unspecified atom stereocenters. The second-order valence-corrected chi connectivity index (χ2v) is 6.18. The van der Waals surface area contributed by atoms with Crippen molar-refractivity contribution in [2.75, 3.05) is 38.7 Å². The van der Waals surface area contributed by atoms with E-state index in [9.17, 15) is 4.39 Å². The largest absolute Gasteiger partial charge is 0.352 e. The monoisotopic (exact) mass is 326 g/mol. The van der Waals surface area contributed by atoms with Crippen molar-refractivity contribution in [1.29, 1.82) is 0 Å². The van der Waals surface area contributed by atoms with Crippen LogP contribution in [0, 0.1) is 12.7 Å². The van der Waals surface area contributed by atoms with Crippen LogP contribution in [0.2, 0.25) is 0 Å². The fourth-order valence-corrected chi connectivity index (χ4v) is 2.71. The van der Waals surface area contributed by atoms with Gasteiger partial charge >= 0.3 is 0 Å². The van der Waals surface area contributed by atoms with Gasteiger partial charge in [-0.1, -0.05) is 29.8 Å². The number of amidine groups is 1. The summed E-state index contributed by atoms with van der Waals surface area (Å²) in [6.07, 6.45) is 0. The van der Waals surface area contributed by atoms with Gasteiger partial charge in [0.05, 0.1) is 11.3 Å². The first-order valence-electron chi connectivity index (χ1n) is 8.22. The highest BCUT2D eigenvalue weighted by Crippen LogP contribution is 2.15. The van der Waals surface area contributed by atoms with Crippen LogP contribution in [0.15, 0.2) is 53.6 Å². The minimum atomic E-state index is -0.249. The summed E-state index contributed by atoms with van der Waals surface area (Å²) in [5, 5.41) is 4.54. The number of nitrogens with one attached hydrogen (secondary N) is 1. The van der Waals surface area contributed by atoms with Gasteiger partial charge in [0, 0.05) is 26.2 Å². The van der Waals surface area contributed by atoms with E-state index in [-0.39, 0.29) is 5.82 Å². The quantitative estimate of drug-likeness (QED) is 0.534. The summed E-state index contributed by atoms with van der Waals surface area (Å²) in [5.41, 5.74) is 5.69. The Kier molecular flexibility index (Phi) is 5.11. The Hall–Kier alpha value is -2.40. The van der Waals surface area contributed by atoms with Crippen molar-refractivity contribution in [2.24, 2.45) is 5.10 Å². The van der Waals surface area contributed by atoms with E-state index >= 15 is 0 Å². The van der Waals surface area contributed by atoms with Crippen molar-refractivity contribution in [3.63, 3.8) is 0 Å². The van der Waals surface area contributed by atoms with Crippen molar-refractivity contribution < 1.29 is 4.39 Å². The van der Waals surface area contributed by atoms with Gasteiger partial charge in [0.15, 0.2) is 5.84 Å². The van der Waals surface area contributed by atoms with Gasteiger partial charge in [0.25, 0.3) is 0 Å². The van der Waals surface area contributed by atoms with E-state index in [1.54, 1.807) is 12.1 Å². The highest BCUT2D eigenvalue weighted by molar-refractivity contribution is 5.99. The Morgan fingerprint density at radius 1 is 1.00 bits per heavy atom. The molecule has 0 bridgehead atoms. The van der Waals surface area contributed by atoms with Crippen LogP contribution in [0.3, 0.4) is 0 Å². The van der Waals surface area contributed by atoms with Crippen LogP contribution >= 0.6 is 0 Å². The second-order valence-electron chi connectivity index (χ2n) is 6.18. The van der Waals surface area contributed by atoms with Gasteiger partial charge in [-0.3, -0.25) is 5.43 Å². The Labute approximate surface area is 142 Å². The molecule has 1 heterocycles. The lowest BCUT2D eigenvalue weighted by atomic mass is 10.1. The molecule has 1 fully saturated rings. The molecule has 1 aliphatic rings. The Bertz CT molecular complexity index is 704. The summed E-state index contributed by atoms with van der Waals surface area (Å²) in [7, 11) is 2.10. The standard InChI is InChI=1S/C19H23FN4/c1-15-7-9-16(10-8-15)21-22-19(17-5-3-4-6-18(17)20)24-13-11-23(2)12-14-24/h3-10,21H,11-14H2,1-2H3/b22-19+. The summed E-state index contributed by atoms with van der Waals surface area (Å²) in [6.45, 7) is 5.59. The molecule has 0 saturated carbocycles. The Morgan fingerprint density at radius 3 is 2.33 bits per heavy atom. The number of nitrogens with zero attached hydrogens (tertiary/aromatic N) is 3. The zero-order chi connectivity index (χ0) is 16.9. The summed E-state index contributed by atoms with van der Waals surface area (Å²) >= 11 is 0. The molecule has 4 nitrogen and oxygen atoms in total. The molecule has 24 heavy (non-hydrogen) atoms. The number of rotatable bonds is 3. The average Bonchev–Trinajstić information content (AvgIpc) is 2.59. The normalized spacial score (nSPS) is 16.3. The van der Waals surface area contributed by atoms with E-state index in [1.807, 2.05) is 37.3 Å². The van der Waals surface area contributed by atoms with E-state index in [0.29, 0.717) is 11.4 Å². The Morgan fingerprint density at radius 2 is 1.67 bits per heavy atom. The highest BCUT2D eigenvalue weighted by atomic mass is 19.1. The molecule has 0 aromatic heterocycles. The SMILES string of the molecule is Cc1ccc(N/N=C(\c2ccccc2F)N2CCN(C)CC2)cc1. The van der Waals surface area contributed by atoms with Gasteiger partial charge in [-0.2, -0.15) is 5.10 Å². The first kappa shape index (κ1) is 16.5. The zero-order valence-corrected chi connectivity index (χ0v) is 14.2. The van der Waals surface area contributed by atoms with Gasteiger partial charge in [-0.05, 0) is 38.2 Å². The maximum Gasteiger partial charge on any atom is 0.159 e. The van der Waals surface area contributed by atoms with E-state index in [0.717, 1.165) is 31.9 Å². The molecule has 5 heteroatoms. The number of piperazine rings is 1. The number of benzene rings is 2. The van der Waals surface area contributed by atoms with Crippen LogP contribution < -0.4 is 5.43 Å². The smallest absolute Gasteiger partial charge is 0.159 e. The summed E-state index contributed by atoms with van der Waals surface area (Å²) < 4.78 is 14.3. The topological polar surface area (TPSA) is 30.9 Å². The average molecular weight is 326 g/mol. The van der Waals surface area contributed by atoms with Gasteiger partial charge < -0.3 is 9.80 Å².